The number of nitrogens with one attached hydrogen (secondary N) is 2. The molecule has 0 spiro atoms. The number of fused-ring (bicyclic) bond motifs is 1. The summed E-state index contributed by atoms with van der Waals surface area (Å²) in [5.41, 5.74) is -0.566. The maximum atomic E-state index is 12.7. The minimum Gasteiger partial charge on any atom is -0.484 e. The van der Waals surface area contributed by atoms with Crippen LogP contribution >= 0.6 is 0 Å². The average Bonchev–Trinajstić information content (AvgIpc) is 2.79. The highest BCUT2D eigenvalue weighted by Crippen LogP contribution is 2.21. The number of alkyl carbamates (subject to hydrolysis) is 1. The van der Waals surface area contributed by atoms with Crippen molar-refractivity contribution >= 4 is 28.7 Å². The summed E-state index contributed by atoms with van der Waals surface area (Å²) in [5, 5.41) is 7.60. The van der Waals surface area contributed by atoms with E-state index in [2.05, 4.69) is 10.6 Å². The van der Waals surface area contributed by atoms with Gasteiger partial charge in [-0.3, -0.25) is 9.59 Å². The number of amides is 3. The third kappa shape index (κ3) is 7.66. The number of piperidine rings is 1. The van der Waals surface area contributed by atoms with Crippen LogP contribution in [0.3, 0.4) is 0 Å². The zero-order valence-corrected chi connectivity index (χ0v) is 19.6. The third-order valence-electron chi connectivity index (χ3n) is 5.32. The van der Waals surface area contributed by atoms with Gasteiger partial charge in [0.1, 0.15) is 11.4 Å². The second-order valence-electron chi connectivity index (χ2n) is 9.20. The highest BCUT2D eigenvalue weighted by Gasteiger charge is 2.28. The predicted octanol–water partition coefficient (Wildman–Crippen LogP) is 3.10. The Morgan fingerprint density at radius 1 is 1.03 bits per heavy atom. The van der Waals surface area contributed by atoms with Gasteiger partial charge in [-0.1, -0.05) is 30.3 Å². The van der Waals surface area contributed by atoms with E-state index in [-0.39, 0.29) is 30.9 Å². The van der Waals surface area contributed by atoms with Gasteiger partial charge in [0.05, 0.1) is 5.92 Å². The van der Waals surface area contributed by atoms with Crippen LogP contribution in [0.25, 0.3) is 10.8 Å². The van der Waals surface area contributed by atoms with Crippen molar-refractivity contribution in [1.29, 1.82) is 0 Å². The van der Waals surface area contributed by atoms with E-state index in [1.165, 1.54) is 0 Å². The van der Waals surface area contributed by atoms with Gasteiger partial charge >= 0.3 is 6.09 Å². The fourth-order valence-corrected chi connectivity index (χ4v) is 3.72. The molecule has 0 aromatic heterocycles. The van der Waals surface area contributed by atoms with Gasteiger partial charge in [-0.05, 0) is 56.5 Å². The van der Waals surface area contributed by atoms with E-state index >= 15 is 0 Å². The zero-order chi connectivity index (χ0) is 23.8. The molecule has 3 amide bonds. The van der Waals surface area contributed by atoms with Crippen LogP contribution in [0.1, 0.15) is 33.6 Å². The van der Waals surface area contributed by atoms with Crippen molar-refractivity contribution in [1.82, 2.24) is 15.5 Å². The molecule has 178 valence electrons. The van der Waals surface area contributed by atoms with E-state index in [1.54, 1.807) is 25.7 Å². The van der Waals surface area contributed by atoms with Crippen molar-refractivity contribution in [3.63, 3.8) is 0 Å². The Kier molecular flexibility index (Phi) is 8.14. The standard InChI is InChI=1S/C25H33N3O5/c1-25(2,3)33-24(31)27-13-12-26-23(30)20-9-6-14-28(16-20)22(29)17-32-21-11-10-18-7-4-5-8-19(18)15-21/h4-5,7-8,10-11,15,20H,6,9,12-14,16-17H2,1-3H3,(H,26,30)(H,27,31). The molecule has 1 saturated heterocycles. The van der Waals surface area contributed by atoms with E-state index in [9.17, 15) is 14.4 Å². The summed E-state index contributed by atoms with van der Waals surface area (Å²) in [5.74, 6) is 0.122. The topological polar surface area (TPSA) is 97.0 Å². The second-order valence-corrected chi connectivity index (χ2v) is 9.20. The number of nitrogens with zero attached hydrogens (tertiary/aromatic N) is 1. The van der Waals surface area contributed by atoms with Gasteiger partial charge in [-0.2, -0.15) is 0 Å². The van der Waals surface area contributed by atoms with Crippen LogP contribution in [0.2, 0.25) is 0 Å². The molecule has 1 atom stereocenters. The molecule has 33 heavy (non-hydrogen) atoms. The van der Waals surface area contributed by atoms with Crippen LogP contribution in [-0.4, -0.2) is 61.2 Å². The molecule has 8 nitrogen and oxygen atoms in total. The number of hydrogen-bond donors (Lipinski definition) is 2. The molecule has 1 aliphatic rings. The Balaban J connectivity index is 1.40. The molecule has 2 aromatic carbocycles. The first-order valence-electron chi connectivity index (χ1n) is 11.4. The maximum Gasteiger partial charge on any atom is 0.407 e. The van der Waals surface area contributed by atoms with Gasteiger partial charge in [0, 0.05) is 26.2 Å². The summed E-state index contributed by atoms with van der Waals surface area (Å²) in [7, 11) is 0. The summed E-state index contributed by atoms with van der Waals surface area (Å²) >= 11 is 0. The smallest absolute Gasteiger partial charge is 0.407 e. The number of ether oxygens (including phenoxy) is 2. The monoisotopic (exact) mass is 455 g/mol. The molecule has 2 aromatic rings. The van der Waals surface area contributed by atoms with Crippen molar-refractivity contribution < 1.29 is 23.9 Å². The molecule has 1 unspecified atom stereocenters. The normalized spacial score (nSPS) is 16.2. The van der Waals surface area contributed by atoms with E-state index in [1.807, 2.05) is 42.5 Å². The fourth-order valence-electron chi connectivity index (χ4n) is 3.72. The van der Waals surface area contributed by atoms with Gasteiger partial charge < -0.3 is 25.0 Å². The lowest BCUT2D eigenvalue weighted by molar-refractivity contribution is -0.137. The summed E-state index contributed by atoms with van der Waals surface area (Å²) in [6.45, 7) is 6.86. The van der Waals surface area contributed by atoms with Gasteiger partial charge in [-0.25, -0.2) is 4.79 Å². The van der Waals surface area contributed by atoms with Crippen LogP contribution in [0.5, 0.6) is 5.75 Å². The number of hydrogen-bond acceptors (Lipinski definition) is 5. The van der Waals surface area contributed by atoms with E-state index in [4.69, 9.17) is 9.47 Å². The van der Waals surface area contributed by atoms with Gasteiger partial charge in [0.2, 0.25) is 5.91 Å². The largest absolute Gasteiger partial charge is 0.484 e. The number of benzene rings is 2. The molecule has 0 bridgehead atoms. The quantitative estimate of drug-likeness (QED) is 0.626. The Morgan fingerprint density at radius 3 is 2.52 bits per heavy atom. The predicted molar refractivity (Wildman–Crippen MR) is 126 cm³/mol. The Morgan fingerprint density at radius 2 is 1.76 bits per heavy atom. The summed E-state index contributed by atoms with van der Waals surface area (Å²) in [6.07, 6.45) is 0.967. The first kappa shape index (κ1) is 24.4. The molecule has 2 N–H and O–H groups in total. The second kappa shape index (κ2) is 11.0. The molecule has 1 fully saturated rings. The fraction of sp³-hybridized carbons (Fsp3) is 0.480. The minimum absolute atomic E-state index is 0.0630. The first-order valence-corrected chi connectivity index (χ1v) is 11.4. The van der Waals surface area contributed by atoms with Crippen molar-refractivity contribution in [2.75, 3.05) is 32.8 Å². The third-order valence-corrected chi connectivity index (χ3v) is 5.32. The van der Waals surface area contributed by atoms with Gasteiger partial charge in [0.25, 0.3) is 5.91 Å². The molecule has 0 saturated carbocycles. The molecule has 0 aliphatic carbocycles. The van der Waals surface area contributed by atoms with Crippen LogP contribution in [0.4, 0.5) is 4.79 Å². The van der Waals surface area contributed by atoms with Crippen molar-refractivity contribution in [2.24, 2.45) is 5.92 Å². The van der Waals surface area contributed by atoms with E-state index < -0.39 is 11.7 Å². The van der Waals surface area contributed by atoms with Crippen molar-refractivity contribution in [3.8, 4) is 5.75 Å². The van der Waals surface area contributed by atoms with Gasteiger partial charge in [0.15, 0.2) is 6.61 Å². The zero-order valence-electron chi connectivity index (χ0n) is 19.6. The highest BCUT2D eigenvalue weighted by molar-refractivity contribution is 5.84. The Labute approximate surface area is 194 Å². The Hall–Kier alpha value is -3.29. The summed E-state index contributed by atoms with van der Waals surface area (Å²) < 4.78 is 10.9. The van der Waals surface area contributed by atoms with E-state index in [0.717, 1.165) is 23.6 Å². The molecule has 0 radical (unpaired) electrons. The lowest BCUT2D eigenvalue weighted by Gasteiger charge is -2.32. The lowest BCUT2D eigenvalue weighted by Crippen LogP contribution is -2.47. The number of likely N-dealkylation sites (tertiary alicyclic amines) is 1. The molecular formula is C25H33N3O5. The lowest BCUT2D eigenvalue weighted by atomic mass is 9.97. The maximum absolute atomic E-state index is 12.7. The first-order chi connectivity index (χ1) is 15.7. The van der Waals surface area contributed by atoms with Crippen LogP contribution < -0.4 is 15.4 Å². The summed E-state index contributed by atoms with van der Waals surface area (Å²) in [6, 6.07) is 13.7. The Bertz CT molecular complexity index is 985. The van der Waals surface area contributed by atoms with Crippen LogP contribution in [0.15, 0.2) is 42.5 Å². The summed E-state index contributed by atoms with van der Waals surface area (Å²) in [4.78, 5) is 38.5. The van der Waals surface area contributed by atoms with Crippen molar-refractivity contribution in [3.05, 3.63) is 42.5 Å². The van der Waals surface area contributed by atoms with Crippen LogP contribution in [-0.2, 0) is 14.3 Å². The van der Waals surface area contributed by atoms with Crippen LogP contribution in [0, 0.1) is 5.92 Å². The minimum atomic E-state index is -0.566. The van der Waals surface area contributed by atoms with Crippen molar-refractivity contribution in [2.45, 2.75) is 39.2 Å². The average molecular weight is 456 g/mol. The number of rotatable bonds is 7. The highest BCUT2D eigenvalue weighted by atomic mass is 16.6. The molecule has 8 heteroatoms. The number of carbonyl (C=O) groups is 3. The molecule has 1 heterocycles. The van der Waals surface area contributed by atoms with Gasteiger partial charge in [-0.15, -0.1) is 0 Å². The number of carbonyl (C=O) groups excluding carboxylic acids is 3. The molecule has 3 rings (SSSR count). The van der Waals surface area contributed by atoms with E-state index in [0.29, 0.717) is 25.4 Å². The molecular weight excluding hydrogens is 422 g/mol. The SMILES string of the molecule is CC(C)(C)OC(=O)NCCNC(=O)C1CCCN(C(=O)COc2ccc3ccccc3c2)C1. The molecule has 1 aliphatic heterocycles.